The molecule has 0 fully saturated rings. The number of hydrogen-bond acceptors (Lipinski definition) is 2. The first-order valence-corrected chi connectivity index (χ1v) is 5.82. The van der Waals surface area contributed by atoms with Crippen LogP contribution in [0.1, 0.15) is 5.69 Å². The highest BCUT2D eigenvalue weighted by Crippen LogP contribution is 2.31. The third-order valence-electron chi connectivity index (χ3n) is 3.02. The number of aromatic amines is 1. The normalized spacial score (nSPS) is 11.1. The van der Waals surface area contributed by atoms with Gasteiger partial charge < -0.3 is 10.1 Å². The van der Waals surface area contributed by atoms with Gasteiger partial charge in [0.05, 0.1) is 12.3 Å². The minimum Gasteiger partial charge on any atom is -0.390 e. The van der Waals surface area contributed by atoms with Gasteiger partial charge in [-0.05, 0) is 17.7 Å². The molecule has 19 heavy (non-hydrogen) atoms. The third kappa shape index (κ3) is 2.02. The Kier molecular flexibility index (Phi) is 2.83. The van der Waals surface area contributed by atoms with Crippen LogP contribution in [0.25, 0.3) is 22.2 Å². The molecule has 0 bridgehead atoms. The van der Waals surface area contributed by atoms with E-state index < -0.39 is 0 Å². The van der Waals surface area contributed by atoms with Gasteiger partial charge in [0.2, 0.25) is 0 Å². The molecule has 0 atom stereocenters. The van der Waals surface area contributed by atoms with Crippen LogP contribution in [-0.4, -0.2) is 22.9 Å². The quantitative estimate of drug-likeness (QED) is 0.681. The highest BCUT2D eigenvalue weighted by Gasteiger charge is 2.14. The van der Waals surface area contributed by atoms with E-state index in [0.717, 1.165) is 10.9 Å². The summed E-state index contributed by atoms with van der Waals surface area (Å²) in [6.07, 6.45) is 1.54. The lowest BCUT2D eigenvalue weighted by Gasteiger charge is -2.03. The summed E-state index contributed by atoms with van der Waals surface area (Å²) in [5, 5.41) is 10.2. The van der Waals surface area contributed by atoms with E-state index in [1.807, 2.05) is 0 Å². The summed E-state index contributed by atoms with van der Waals surface area (Å²) in [5.74, 6) is -0.326. The van der Waals surface area contributed by atoms with Crippen molar-refractivity contribution in [3.63, 3.8) is 0 Å². The predicted molar refractivity (Wildman–Crippen MR) is 72.8 cm³/mol. The van der Waals surface area contributed by atoms with Gasteiger partial charge in [-0.25, -0.2) is 9.37 Å². The molecule has 92 valence electrons. The number of aromatic nitrogens is 2. The van der Waals surface area contributed by atoms with Crippen LogP contribution in [0.3, 0.4) is 0 Å². The molecule has 0 aliphatic heterocycles. The molecule has 2 aromatic heterocycles. The van der Waals surface area contributed by atoms with Gasteiger partial charge in [-0.2, -0.15) is 0 Å². The van der Waals surface area contributed by atoms with E-state index in [2.05, 4.69) is 9.97 Å². The molecule has 0 saturated carbocycles. The summed E-state index contributed by atoms with van der Waals surface area (Å²) in [6.45, 7) is -0.178. The van der Waals surface area contributed by atoms with Crippen molar-refractivity contribution in [3.8, 4) is 11.1 Å². The maximum atomic E-state index is 13.4. The van der Waals surface area contributed by atoms with E-state index in [0.29, 0.717) is 22.4 Å². The molecule has 3 rings (SSSR count). The Morgan fingerprint density at radius 1 is 1.32 bits per heavy atom. The second-order valence-electron chi connectivity index (χ2n) is 4.31. The number of nitrogens with one attached hydrogen (secondary N) is 1. The zero-order valence-corrected chi connectivity index (χ0v) is 10.0. The van der Waals surface area contributed by atoms with Crippen LogP contribution >= 0.6 is 0 Å². The largest absolute Gasteiger partial charge is 0.390 e. The van der Waals surface area contributed by atoms with Gasteiger partial charge in [-0.1, -0.05) is 23.7 Å². The van der Waals surface area contributed by atoms with Gasteiger partial charge >= 0.3 is 0 Å². The SMILES string of the molecule is [B]c1cnc2[nH]c(CO)c(-c3cccc(F)c3)c2c1. The molecule has 0 unspecified atom stereocenters. The molecule has 0 spiro atoms. The van der Waals surface area contributed by atoms with Crippen LogP contribution in [0.2, 0.25) is 0 Å². The van der Waals surface area contributed by atoms with E-state index in [-0.39, 0.29) is 12.4 Å². The van der Waals surface area contributed by atoms with Crippen molar-refractivity contribution in [2.24, 2.45) is 0 Å². The number of aliphatic hydroxyl groups is 1. The Morgan fingerprint density at radius 2 is 2.16 bits per heavy atom. The fraction of sp³-hybridized carbons (Fsp3) is 0.0714. The Labute approximate surface area is 110 Å². The Morgan fingerprint density at radius 3 is 2.89 bits per heavy atom. The van der Waals surface area contributed by atoms with E-state index in [4.69, 9.17) is 7.85 Å². The van der Waals surface area contributed by atoms with E-state index in [1.54, 1.807) is 18.2 Å². The zero-order chi connectivity index (χ0) is 13.4. The van der Waals surface area contributed by atoms with Crippen molar-refractivity contribution in [2.75, 3.05) is 0 Å². The first-order valence-electron chi connectivity index (χ1n) is 5.82. The lowest BCUT2D eigenvalue weighted by atomic mass is 9.95. The Balaban J connectivity index is 2.34. The van der Waals surface area contributed by atoms with Crippen molar-refractivity contribution < 1.29 is 9.50 Å². The maximum absolute atomic E-state index is 13.4. The fourth-order valence-electron chi connectivity index (χ4n) is 2.23. The Hall–Kier alpha value is -2.14. The topological polar surface area (TPSA) is 48.9 Å². The number of pyridine rings is 1. The maximum Gasteiger partial charge on any atom is 0.138 e. The summed E-state index contributed by atoms with van der Waals surface area (Å²) >= 11 is 0. The number of nitrogens with zero attached hydrogens (tertiary/aromatic N) is 1. The van der Waals surface area contributed by atoms with E-state index in [1.165, 1.54) is 18.3 Å². The number of halogens is 1. The average Bonchev–Trinajstić information content (AvgIpc) is 2.76. The number of H-pyrrole nitrogens is 1. The molecular weight excluding hydrogens is 242 g/mol. The van der Waals surface area contributed by atoms with Crippen LogP contribution in [-0.2, 0) is 6.61 Å². The molecular formula is C14H10BFN2O. The molecule has 0 saturated heterocycles. The lowest BCUT2D eigenvalue weighted by Crippen LogP contribution is -2.01. The minimum atomic E-state index is -0.326. The number of benzene rings is 1. The average molecular weight is 252 g/mol. The highest BCUT2D eigenvalue weighted by atomic mass is 19.1. The molecule has 0 aliphatic carbocycles. The second kappa shape index (κ2) is 4.51. The van der Waals surface area contributed by atoms with Crippen molar-refractivity contribution in [1.29, 1.82) is 0 Å². The zero-order valence-electron chi connectivity index (χ0n) is 10.0. The summed E-state index contributed by atoms with van der Waals surface area (Å²) in [6, 6.07) is 7.98. The predicted octanol–water partition coefficient (Wildman–Crippen LogP) is 1.66. The standard InChI is InChI=1S/C14H10BFN2O/c15-9-5-11-13(8-2-1-3-10(16)4-8)12(7-19)18-14(11)17-6-9/h1-6,19H,7H2,(H,17,18). The number of hydrogen-bond donors (Lipinski definition) is 2. The van der Waals surface area contributed by atoms with Crippen LogP contribution < -0.4 is 5.46 Å². The number of rotatable bonds is 2. The van der Waals surface area contributed by atoms with Crippen molar-refractivity contribution >= 4 is 24.3 Å². The second-order valence-corrected chi connectivity index (χ2v) is 4.31. The van der Waals surface area contributed by atoms with Crippen LogP contribution in [0.15, 0.2) is 36.5 Å². The molecule has 5 heteroatoms. The molecule has 2 heterocycles. The highest BCUT2D eigenvalue weighted by molar-refractivity contribution is 6.33. The summed E-state index contributed by atoms with van der Waals surface area (Å²) < 4.78 is 13.4. The van der Waals surface area contributed by atoms with Crippen LogP contribution in [0, 0.1) is 5.82 Å². The number of fused-ring (bicyclic) bond motifs is 1. The van der Waals surface area contributed by atoms with Gasteiger partial charge in [-0.15, -0.1) is 0 Å². The summed E-state index contributed by atoms with van der Waals surface area (Å²) in [4.78, 5) is 7.19. The van der Waals surface area contributed by atoms with Gasteiger partial charge in [0.15, 0.2) is 0 Å². The molecule has 3 nitrogen and oxygen atoms in total. The lowest BCUT2D eigenvalue weighted by molar-refractivity contribution is 0.278. The third-order valence-corrected chi connectivity index (χ3v) is 3.02. The minimum absolute atomic E-state index is 0.178. The van der Waals surface area contributed by atoms with Gasteiger partial charge in [0, 0.05) is 17.1 Å². The number of aliphatic hydroxyl groups excluding tert-OH is 1. The molecule has 3 aromatic rings. The van der Waals surface area contributed by atoms with Crippen molar-refractivity contribution in [2.45, 2.75) is 6.61 Å². The van der Waals surface area contributed by atoms with E-state index in [9.17, 15) is 9.50 Å². The van der Waals surface area contributed by atoms with Gasteiger partial charge in [0.25, 0.3) is 0 Å². The smallest absolute Gasteiger partial charge is 0.138 e. The Bertz CT molecular complexity index is 754. The van der Waals surface area contributed by atoms with Crippen molar-refractivity contribution in [1.82, 2.24) is 9.97 Å². The van der Waals surface area contributed by atoms with Crippen LogP contribution in [0.4, 0.5) is 4.39 Å². The first-order chi connectivity index (χ1) is 9.19. The van der Waals surface area contributed by atoms with Gasteiger partial charge in [0.1, 0.15) is 19.3 Å². The fourth-order valence-corrected chi connectivity index (χ4v) is 2.23. The first kappa shape index (κ1) is 11.9. The monoisotopic (exact) mass is 252 g/mol. The summed E-state index contributed by atoms with van der Waals surface area (Å²) in [7, 11) is 5.74. The molecule has 2 N–H and O–H groups in total. The van der Waals surface area contributed by atoms with Crippen molar-refractivity contribution in [3.05, 3.63) is 48.0 Å². The molecule has 0 aliphatic rings. The molecule has 0 amide bonds. The van der Waals surface area contributed by atoms with E-state index >= 15 is 0 Å². The van der Waals surface area contributed by atoms with Gasteiger partial charge in [-0.3, -0.25) is 0 Å². The van der Waals surface area contributed by atoms with Crippen LogP contribution in [0.5, 0.6) is 0 Å². The molecule has 1 aromatic carbocycles. The summed E-state index contributed by atoms with van der Waals surface area (Å²) in [5.41, 5.74) is 3.16. The molecule has 2 radical (unpaired) electrons.